The average molecular weight is 485 g/mol. The van der Waals surface area contributed by atoms with Crippen LogP contribution in [0, 0.1) is 5.82 Å². The zero-order valence-corrected chi connectivity index (χ0v) is 18.6. The molecule has 4 rings (SSSR count). The fraction of sp³-hybridized carbons (Fsp3) is 0.240. The van der Waals surface area contributed by atoms with Gasteiger partial charge in [0.05, 0.1) is 18.2 Å². The topological polar surface area (TPSA) is 84.1 Å². The summed E-state index contributed by atoms with van der Waals surface area (Å²) >= 11 is 0. The summed E-state index contributed by atoms with van der Waals surface area (Å²) in [5.74, 6) is -1.03. The smallest absolute Gasteiger partial charge is 0.402 e. The Morgan fingerprint density at radius 1 is 1.09 bits per heavy atom. The van der Waals surface area contributed by atoms with Crippen LogP contribution in [0.5, 0.6) is 0 Å². The molecule has 6 nitrogen and oxygen atoms in total. The molecule has 1 unspecified atom stereocenters. The Morgan fingerprint density at radius 3 is 2.37 bits per heavy atom. The number of nitrogens with zero attached hydrogens (tertiary/aromatic N) is 3. The van der Waals surface area contributed by atoms with Crippen molar-refractivity contribution in [1.29, 1.82) is 0 Å². The SMILES string of the molecule is C=C(N)Cc1ccc(CNc2ncnc(N3CC(=O)CC3c3ccc(C(F)(F)F)cc3)c2F)cc1. The van der Waals surface area contributed by atoms with E-state index in [0.29, 0.717) is 24.2 Å². The van der Waals surface area contributed by atoms with E-state index < -0.39 is 23.6 Å². The Balaban J connectivity index is 1.52. The number of benzene rings is 2. The highest BCUT2D eigenvalue weighted by Gasteiger charge is 2.36. The summed E-state index contributed by atoms with van der Waals surface area (Å²) in [5.41, 5.74) is 7.75. The quantitative estimate of drug-likeness (QED) is 0.469. The van der Waals surface area contributed by atoms with E-state index in [1.54, 1.807) is 0 Å². The van der Waals surface area contributed by atoms with Gasteiger partial charge >= 0.3 is 6.18 Å². The minimum atomic E-state index is -4.47. The first kappa shape index (κ1) is 24.2. The summed E-state index contributed by atoms with van der Waals surface area (Å²) in [5, 5.41) is 2.94. The van der Waals surface area contributed by atoms with Gasteiger partial charge < -0.3 is 16.0 Å². The summed E-state index contributed by atoms with van der Waals surface area (Å²) in [4.78, 5) is 21.7. The summed E-state index contributed by atoms with van der Waals surface area (Å²) in [6.45, 7) is 3.87. The monoisotopic (exact) mass is 485 g/mol. The molecule has 2 aromatic carbocycles. The molecule has 0 bridgehead atoms. The lowest BCUT2D eigenvalue weighted by molar-refractivity contribution is -0.137. The second-order valence-corrected chi connectivity index (χ2v) is 8.37. The van der Waals surface area contributed by atoms with Crippen LogP contribution in [0.1, 0.15) is 34.7 Å². The highest BCUT2D eigenvalue weighted by molar-refractivity contribution is 5.88. The zero-order valence-electron chi connectivity index (χ0n) is 18.6. The fourth-order valence-electron chi connectivity index (χ4n) is 4.01. The molecule has 10 heteroatoms. The zero-order chi connectivity index (χ0) is 25.2. The number of ketones is 1. The maximum Gasteiger partial charge on any atom is 0.416 e. The predicted molar refractivity (Wildman–Crippen MR) is 124 cm³/mol. The van der Waals surface area contributed by atoms with Gasteiger partial charge in [-0.05, 0) is 28.8 Å². The Hall–Kier alpha value is -3.95. The minimum absolute atomic E-state index is 0.0408. The number of rotatable bonds is 7. The Bertz CT molecular complexity index is 1230. The van der Waals surface area contributed by atoms with Gasteiger partial charge in [0.2, 0.25) is 5.82 Å². The van der Waals surface area contributed by atoms with Crippen molar-refractivity contribution in [3.8, 4) is 0 Å². The predicted octanol–water partition coefficient (Wildman–Crippen LogP) is 4.78. The van der Waals surface area contributed by atoms with Crippen LogP contribution in [0.4, 0.5) is 29.2 Å². The number of anilines is 2. The fourth-order valence-corrected chi connectivity index (χ4v) is 4.01. The van der Waals surface area contributed by atoms with E-state index in [4.69, 9.17) is 5.73 Å². The van der Waals surface area contributed by atoms with Crippen molar-refractivity contribution < 1.29 is 22.4 Å². The molecule has 3 aromatic rings. The van der Waals surface area contributed by atoms with Crippen molar-refractivity contribution in [1.82, 2.24) is 9.97 Å². The molecule has 182 valence electrons. The number of nitrogens with two attached hydrogens (primary N) is 1. The largest absolute Gasteiger partial charge is 0.416 e. The second-order valence-electron chi connectivity index (χ2n) is 8.37. The lowest BCUT2D eigenvalue weighted by Crippen LogP contribution is -2.26. The molecule has 0 aliphatic carbocycles. The molecule has 1 saturated heterocycles. The van der Waals surface area contributed by atoms with Crippen LogP contribution in [0.2, 0.25) is 0 Å². The highest BCUT2D eigenvalue weighted by Crippen LogP contribution is 2.37. The first-order valence-electron chi connectivity index (χ1n) is 10.8. The molecule has 1 atom stereocenters. The second kappa shape index (κ2) is 9.73. The standard InChI is InChI=1S/C25H23F4N5O/c1-15(30)10-16-2-4-17(5-3-16)12-31-23-22(26)24(33-14-32-23)34-13-20(35)11-21(34)18-6-8-19(9-7-18)25(27,28)29/h2-9,14,21H,1,10-13,30H2,(H,31,32,33). The van der Waals surface area contributed by atoms with Crippen LogP contribution < -0.4 is 16.0 Å². The van der Waals surface area contributed by atoms with E-state index in [9.17, 15) is 18.0 Å². The molecule has 0 saturated carbocycles. The van der Waals surface area contributed by atoms with Gasteiger partial charge in [-0.15, -0.1) is 0 Å². The van der Waals surface area contributed by atoms with Crippen molar-refractivity contribution in [2.75, 3.05) is 16.8 Å². The first-order chi connectivity index (χ1) is 16.6. The summed E-state index contributed by atoms with van der Waals surface area (Å²) in [6, 6.07) is 11.5. The first-order valence-corrected chi connectivity index (χ1v) is 10.8. The highest BCUT2D eigenvalue weighted by atomic mass is 19.4. The van der Waals surface area contributed by atoms with Gasteiger partial charge in [-0.1, -0.05) is 43.0 Å². The number of carbonyl (C=O) groups is 1. The van der Waals surface area contributed by atoms with Crippen LogP contribution in [0.15, 0.2) is 67.1 Å². The van der Waals surface area contributed by atoms with Crippen LogP contribution >= 0.6 is 0 Å². The maximum atomic E-state index is 15.4. The number of alkyl halides is 3. The van der Waals surface area contributed by atoms with Gasteiger partial charge in [-0.25, -0.2) is 9.97 Å². The van der Waals surface area contributed by atoms with Crippen LogP contribution in [0.25, 0.3) is 0 Å². The Labute approximate surface area is 199 Å². The van der Waals surface area contributed by atoms with Gasteiger partial charge in [0.15, 0.2) is 17.4 Å². The summed E-state index contributed by atoms with van der Waals surface area (Å²) < 4.78 is 54.1. The summed E-state index contributed by atoms with van der Waals surface area (Å²) in [6.07, 6.45) is -2.68. The molecule has 0 radical (unpaired) electrons. The van der Waals surface area contributed by atoms with E-state index >= 15 is 4.39 Å². The Kier molecular flexibility index (Phi) is 6.72. The molecule has 35 heavy (non-hydrogen) atoms. The summed E-state index contributed by atoms with van der Waals surface area (Å²) in [7, 11) is 0. The molecule has 1 aromatic heterocycles. The van der Waals surface area contributed by atoms with Crippen molar-refractivity contribution in [3.63, 3.8) is 0 Å². The third-order valence-electron chi connectivity index (χ3n) is 5.72. The number of allylic oxidation sites excluding steroid dienone is 1. The Morgan fingerprint density at radius 2 is 1.74 bits per heavy atom. The normalized spacial score (nSPS) is 15.9. The third kappa shape index (κ3) is 5.59. The number of carbonyl (C=O) groups excluding carboxylic acids is 1. The lowest BCUT2D eigenvalue weighted by atomic mass is 10.0. The number of nitrogens with one attached hydrogen (secondary N) is 1. The van der Waals surface area contributed by atoms with E-state index in [1.165, 1.54) is 23.4 Å². The van der Waals surface area contributed by atoms with Crippen molar-refractivity contribution in [2.45, 2.75) is 31.6 Å². The van der Waals surface area contributed by atoms with E-state index in [-0.39, 0.29) is 30.4 Å². The average Bonchev–Trinajstić information content (AvgIpc) is 3.20. The van der Waals surface area contributed by atoms with Gasteiger partial charge in [0.1, 0.15) is 6.33 Å². The molecular weight excluding hydrogens is 462 g/mol. The number of hydrogen-bond acceptors (Lipinski definition) is 6. The van der Waals surface area contributed by atoms with Gasteiger partial charge in [-0.2, -0.15) is 17.6 Å². The van der Waals surface area contributed by atoms with E-state index in [1.807, 2.05) is 24.3 Å². The van der Waals surface area contributed by atoms with Gasteiger partial charge in [0, 0.05) is 25.1 Å². The number of halogens is 4. The number of aromatic nitrogens is 2. The van der Waals surface area contributed by atoms with Crippen molar-refractivity contribution in [2.24, 2.45) is 5.73 Å². The lowest BCUT2D eigenvalue weighted by Gasteiger charge is -2.26. The minimum Gasteiger partial charge on any atom is -0.402 e. The van der Waals surface area contributed by atoms with Crippen LogP contribution in [0.3, 0.4) is 0 Å². The number of hydrogen-bond donors (Lipinski definition) is 2. The molecule has 1 aliphatic heterocycles. The maximum absolute atomic E-state index is 15.4. The molecule has 2 heterocycles. The van der Waals surface area contributed by atoms with Crippen molar-refractivity contribution in [3.05, 3.63) is 95.2 Å². The van der Waals surface area contributed by atoms with Crippen molar-refractivity contribution >= 4 is 17.4 Å². The third-order valence-corrected chi connectivity index (χ3v) is 5.72. The molecule has 0 amide bonds. The van der Waals surface area contributed by atoms with Gasteiger partial charge in [0.25, 0.3) is 0 Å². The molecule has 0 spiro atoms. The van der Waals surface area contributed by atoms with Crippen LogP contribution in [-0.2, 0) is 23.9 Å². The van der Waals surface area contributed by atoms with E-state index in [2.05, 4.69) is 21.9 Å². The van der Waals surface area contributed by atoms with Crippen LogP contribution in [-0.4, -0.2) is 22.3 Å². The molecule has 1 aliphatic rings. The molecule has 1 fully saturated rings. The van der Waals surface area contributed by atoms with E-state index in [0.717, 1.165) is 23.3 Å². The van der Waals surface area contributed by atoms with Gasteiger partial charge in [-0.3, -0.25) is 4.79 Å². The molecule has 3 N–H and O–H groups in total. The number of Topliss-reactive ketones (excluding diaryl/α,β-unsaturated/α-hetero) is 1. The molecular formula is C25H23F4N5O.